The van der Waals surface area contributed by atoms with Crippen molar-refractivity contribution in [2.24, 2.45) is 5.73 Å². The molecule has 1 heterocycles. The van der Waals surface area contributed by atoms with Gasteiger partial charge in [0.25, 0.3) is 5.91 Å². The maximum Gasteiger partial charge on any atom is 0.253 e. The molecular formula is C17H25N3O3. The molecule has 1 aromatic carbocycles. The molecule has 0 bridgehead atoms. The first-order chi connectivity index (χ1) is 11.0. The van der Waals surface area contributed by atoms with Crippen molar-refractivity contribution in [3.8, 4) is 0 Å². The molecule has 1 aromatic rings. The predicted octanol–water partition coefficient (Wildman–Crippen LogP) is 0.643. The Bertz CT molecular complexity index is 562. The summed E-state index contributed by atoms with van der Waals surface area (Å²) in [5.41, 5.74) is 7.57. The van der Waals surface area contributed by atoms with Crippen molar-refractivity contribution in [3.63, 3.8) is 0 Å². The minimum Gasteiger partial charge on any atom is -0.383 e. The largest absolute Gasteiger partial charge is 0.383 e. The predicted molar refractivity (Wildman–Crippen MR) is 88.1 cm³/mol. The third-order valence-corrected chi connectivity index (χ3v) is 4.02. The minimum atomic E-state index is -0.640. The van der Waals surface area contributed by atoms with Gasteiger partial charge in [0.1, 0.15) is 6.04 Å². The van der Waals surface area contributed by atoms with Gasteiger partial charge in [-0.15, -0.1) is 0 Å². The first kappa shape index (κ1) is 17.4. The van der Waals surface area contributed by atoms with Gasteiger partial charge in [0.15, 0.2) is 0 Å². The van der Waals surface area contributed by atoms with Gasteiger partial charge in [-0.25, -0.2) is 0 Å². The van der Waals surface area contributed by atoms with Crippen LogP contribution in [0.25, 0.3) is 0 Å². The summed E-state index contributed by atoms with van der Waals surface area (Å²) in [6.45, 7) is 4.48. The molecule has 1 atom stereocenters. The highest BCUT2D eigenvalue weighted by atomic mass is 16.5. The normalized spacial score (nSPS) is 16.8. The smallest absolute Gasteiger partial charge is 0.253 e. The molecule has 2 rings (SSSR count). The fourth-order valence-corrected chi connectivity index (χ4v) is 2.79. The van der Waals surface area contributed by atoms with Crippen LogP contribution in [0.15, 0.2) is 24.3 Å². The zero-order valence-electron chi connectivity index (χ0n) is 13.8. The van der Waals surface area contributed by atoms with Crippen molar-refractivity contribution in [2.75, 3.05) is 39.9 Å². The molecule has 23 heavy (non-hydrogen) atoms. The molecule has 0 aromatic heterocycles. The van der Waals surface area contributed by atoms with E-state index in [2.05, 4.69) is 0 Å². The van der Waals surface area contributed by atoms with Crippen LogP contribution in [0.5, 0.6) is 0 Å². The molecule has 1 unspecified atom stereocenters. The van der Waals surface area contributed by atoms with E-state index in [1.165, 1.54) is 7.11 Å². The Balaban J connectivity index is 1.98. The quantitative estimate of drug-likeness (QED) is 0.884. The van der Waals surface area contributed by atoms with Crippen LogP contribution < -0.4 is 5.73 Å². The second-order valence-corrected chi connectivity index (χ2v) is 5.90. The van der Waals surface area contributed by atoms with Crippen LogP contribution in [0.1, 0.15) is 22.3 Å². The van der Waals surface area contributed by atoms with Gasteiger partial charge in [-0.1, -0.05) is 17.7 Å². The van der Waals surface area contributed by atoms with Gasteiger partial charge >= 0.3 is 0 Å². The highest BCUT2D eigenvalue weighted by molar-refractivity contribution is 5.94. The monoisotopic (exact) mass is 319 g/mol. The third-order valence-electron chi connectivity index (χ3n) is 4.02. The second-order valence-electron chi connectivity index (χ2n) is 5.90. The molecular weight excluding hydrogens is 294 g/mol. The lowest BCUT2D eigenvalue weighted by atomic mass is 10.1. The summed E-state index contributed by atoms with van der Waals surface area (Å²) < 4.78 is 4.94. The summed E-state index contributed by atoms with van der Waals surface area (Å²) in [6.07, 6.45) is 0.753. The van der Waals surface area contributed by atoms with E-state index < -0.39 is 6.04 Å². The van der Waals surface area contributed by atoms with Crippen LogP contribution in [0.2, 0.25) is 0 Å². The topological polar surface area (TPSA) is 75.9 Å². The Morgan fingerprint density at radius 3 is 2.61 bits per heavy atom. The van der Waals surface area contributed by atoms with Crippen molar-refractivity contribution in [1.82, 2.24) is 9.80 Å². The first-order valence-electron chi connectivity index (χ1n) is 7.92. The number of nitrogens with zero attached hydrogens (tertiary/aromatic N) is 2. The van der Waals surface area contributed by atoms with Crippen LogP contribution in [0, 0.1) is 6.92 Å². The van der Waals surface area contributed by atoms with Crippen molar-refractivity contribution < 1.29 is 14.3 Å². The van der Waals surface area contributed by atoms with Gasteiger partial charge in [-0.2, -0.15) is 0 Å². The van der Waals surface area contributed by atoms with Crippen molar-refractivity contribution in [2.45, 2.75) is 19.4 Å². The van der Waals surface area contributed by atoms with Crippen molar-refractivity contribution >= 4 is 11.8 Å². The number of methoxy groups -OCH3 is 1. The van der Waals surface area contributed by atoms with Gasteiger partial charge in [0.2, 0.25) is 5.91 Å². The number of hydrogen-bond donors (Lipinski definition) is 1. The summed E-state index contributed by atoms with van der Waals surface area (Å²) >= 11 is 0. The molecule has 1 aliphatic heterocycles. The summed E-state index contributed by atoms with van der Waals surface area (Å²) in [5, 5.41) is 0. The third kappa shape index (κ3) is 4.53. The molecule has 0 radical (unpaired) electrons. The Morgan fingerprint density at radius 1 is 1.22 bits per heavy atom. The van der Waals surface area contributed by atoms with Crippen LogP contribution in [-0.4, -0.2) is 67.6 Å². The SMILES string of the molecule is COCC(N)C(=O)N1CCCN(C(=O)c2cccc(C)c2)CC1. The molecule has 2 N–H and O–H groups in total. The fourth-order valence-electron chi connectivity index (χ4n) is 2.79. The number of benzene rings is 1. The van der Waals surface area contributed by atoms with E-state index >= 15 is 0 Å². The molecule has 0 aliphatic carbocycles. The maximum atomic E-state index is 12.6. The van der Waals surface area contributed by atoms with E-state index in [0.717, 1.165) is 12.0 Å². The van der Waals surface area contributed by atoms with Gasteiger partial charge in [0.05, 0.1) is 6.61 Å². The minimum absolute atomic E-state index is 0.0178. The van der Waals surface area contributed by atoms with E-state index in [1.54, 1.807) is 4.90 Å². The number of carbonyl (C=O) groups is 2. The summed E-state index contributed by atoms with van der Waals surface area (Å²) in [5.74, 6) is -0.0964. The zero-order valence-corrected chi connectivity index (χ0v) is 13.8. The molecule has 6 nitrogen and oxygen atoms in total. The van der Waals surface area contributed by atoms with E-state index in [4.69, 9.17) is 10.5 Å². The van der Waals surface area contributed by atoms with Crippen LogP contribution in [-0.2, 0) is 9.53 Å². The van der Waals surface area contributed by atoms with Crippen LogP contribution >= 0.6 is 0 Å². The number of ether oxygens (including phenoxy) is 1. The average Bonchev–Trinajstić information content (AvgIpc) is 2.79. The molecule has 6 heteroatoms. The summed E-state index contributed by atoms with van der Waals surface area (Å²) in [7, 11) is 1.53. The van der Waals surface area contributed by atoms with E-state index in [0.29, 0.717) is 31.7 Å². The Hall–Kier alpha value is -1.92. The van der Waals surface area contributed by atoms with Crippen LogP contribution in [0.3, 0.4) is 0 Å². The van der Waals surface area contributed by atoms with E-state index in [-0.39, 0.29) is 18.4 Å². The van der Waals surface area contributed by atoms with Crippen molar-refractivity contribution in [3.05, 3.63) is 35.4 Å². The van der Waals surface area contributed by atoms with E-state index in [1.807, 2.05) is 36.1 Å². The molecule has 2 amide bonds. The number of hydrogen-bond acceptors (Lipinski definition) is 4. The van der Waals surface area contributed by atoms with E-state index in [9.17, 15) is 9.59 Å². The standard InChI is InChI=1S/C17H25N3O3/c1-13-5-3-6-14(11-13)16(21)19-7-4-8-20(10-9-19)17(22)15(18)12-23-2/h3,5-6,11,15H,4,7-10,12,18H2,1-2H3. The van der Waals surface area contributed by atoms with Gasteiger partial charge in [-0.05, 0) is 25.5 Å². The lowest BCUT2D eigenvalue weighted by Gasteiger charge is -2.24. The Labute approximate surface area is 137 Å². The molecule has 1 fully saturated rings. The zero-order chi connectivity index (χ0) is 16.8. The molecule has 126 valence electrons. The lowest BCUT2D eigenvalue weighted by molar-refractivity contribution is -0.133. The van der Waals surface area contributed by atoms with Crippen molar-refractivity contribution in [1.29, 1.82) is 0 Å². The number of nitrogens with two attached hydrogens (primary N) is 1. The molecule has 0 saturated carbocycles. The Morgan fingerprint density at radius 2 is 1.91 bits per heavy atom. The van der Waals surface area contributed by atoms with Gasteiger partial charge < -0.3 is 20.3 Å². The maximum absolute atomic E-state index is 12.6. The molecule has 0 spiro atoms. The van der Waals surface area contributed by atoms with Gasteiger partial charge in [-0.3, -0.25) is 9.59 Å². The number of carbonyl (C=O) groups excluding carboxylic acids is 2. The summed E-state index contributed by atoms with van der Waals surface area (Å²) in [6, 6.07) is 6.94. The van der Waals surface area contributed by atoms with Crippen LogP contribution in [0.4, 0.5) is 0 Å². The first-order valence-corrected chi connectivity index (χ1v) is 7.92. The molecule has 1 aliphatic rings. The average molecular weight is 319 g/mol. The second kappa shape index (κ2) is 8.08. The van der Waals surface area contributed by atoms with Gasteiger partial charge in [0, 0.05) is 38.9 Å². The fraction of sp³-hybridized carbons (Fsp3) is 0.529. The number of amides is 2. The number of rotatable bonds is 4. The number of aryl methyl sites for hydroxylation is 1. The molecule has 1 saturated heterocycles. The highest BCUT2D eigenvalue weighted by Gasteiger charge is 2.25. The summed E-state index contributed by atoms with van der Waals surface area (Å²) in [4.78, 5) is 28.4. The Kier molecular flexibility index (Phi) is 6.12. The lowest BCUT2D eigenvalue weighted by Crippen LogP contribution is -2.47. The highest BCUT2D eigenvalue weighted by Crippen LogP contribution is 2.11.